The van der Waals surface area contributed by atoms with Gasteiger partial charge in [0.05, 0.1) is 11.5 Å². The van der Waals surface area contributed by atoms with Crippen LogP contribution in [0.3, 0.4) is 0 Å². The van der Waals surface area contributed by atoms with Gasteiger partial charge < -0.3 is 10.0 Å². The van der Waals surface area contributed by atoms with Crippen molar-refractivity contribution in [2.24, 2.45) is 0 Å². The van der Waals surface area contributed by atoms with Gasteiger partial charge in [0.1, 0.15) is 5.69 Å². The van der Waals surface area contributed by atoms with Gasteiger partial charge in [-0.25, -0.2) is 0 Å². The first-order valence-electron chi connectivity index (χ1n) is 6.70. The molecule has 5 nitrogen and oxygen atoms in total. The minimum absolute atomic E-state index is 0.0845. The van der Waals surface area contributed by atoms with Gasteiger partial charge in [-0.3, -0.25) is 10.1 Å². The molecule has 1 aromatic rings. The molecule has 1 aliphatic rings. The van der Waals surface area contributed by atoms with E-state index in [-0.39, 0.29) is 22.0 Å². The molecule has 1 fully saturated rings. The molecular weight excluding hydrogens is 276 g/mol. The zero-order chi connectivity index (χ0) is 14.8. The molecule has 0 bridgehead atoms. The van der Waals surface area contributed by atoms with Crippen molar-refractivity contribution >= 4 is 23.1 Å². The van der Waals surface area contributed by atoms with E-state index in [9.17, 15) is 10.1 Å². The van der Waals surface area contributed by atoms with Crippen molar-refractivity contribution in [3.8, 4) is 0 Å². The fourth-order valence-corrected chi connectivity index (χ4v) is 3.44. The van der Waals surface area contributed by atoms with E-state index in [2.05, 4.69) is 18.7 Å². The third-order valence-corrected chi connectivity index (χ3v) is 4.97. The highest BCUT2D eigenvalue weighted by molar-refractivity contribution is 8.00. The summed E-state index contributed by atoms with van der Waals surface area (Å²) in [5.41, 5.74) is 1.32. The Morgan fingerprint density at radius 2 is 2.20 bits per heavy atom. The zero-order valence-electron chi connectivity index (χ0n) is 11.8. The molecule has 1 aromatic carbocycles. The van der Waals surface area contributed by atoms with E-state index in [0.29, 0.717) is 11.3 Å². The molecule has 1 saturated heterocycles. The first kappa shape index (κ1) is 15.1. The van der Waals surface area contributed by atoms with Crippen molar-refractivity contribution in [1.82, 2.24) is 0 Å². The van der Waals surface area contributed by atoms with Gasteiger partial charge in [0.2, 0.25) is 0 Å². The van der Waals surface area contributed by atoms with Crippen LogP contribution in [0.4, 0.5) is 11.4 Å². The van der Waals surface area contributed by atoms with Crippen LogP contribution in [0.25, 0.3) is 0 Å². The number of thioether (sulfide) groups is 1. The van der Waals surface area contributed by atoms with Gasteiger partial charge in [0.25, 0.3) is 5.69 Å². The van der Waals surface area contributed by atoms with Gasteiger partial charge >= 0.3 is 0 Å². The second-order valence-electron chi connectivity index (χ2n) is 5.58. The van der Waals surface area contributed by atoms with E-state index in [4.69, 9.17) is 5.11 Å². The Hall–Kier alpha value is -1.27. The molecule has 0 spiro atoms. The largest absolute Gasteiger partial charge is 0.392 e. The Labute approximate surface area is 123 Å². The number of nitro benzene ring substituents is 1. The molecule has 1 N–H and O–H groups in total. The van der Waals surface area contributed by atoms with Gasteiger partial charge in [0.15, 0.2) is 0 Å². The number of aliphatic hydroxyl groups excluding tert-OH is 1. The third-order valence-electron chi connectivity index (χ3n) is 3.60. The molecule has 0 unspecified atom stereocenters. The van der Waals surface area contributed by atoms with Gasteiger partial charge in [-0.05, 0) is 18.1 Å². The molecular formula is C14H20N2O3S. The number of hydrogen-bond acceptors (Lipinski definition) is 5. The SMILES string of the molecule is CC1(C)CCN(c2ccc(CO)cc2[N+](=O)[O-])CCS1. The predicted molar refractivity (Wildman–Crippen MR) is 82.4 cm³/mol. The summed E-state index contributed by atoms with van der Waals surface area (Å²) in [7, 11) is 0. The van der Waals surface area contributed by atoms with E-state index in [1.807, 2.05) is 11.8 Å². The van der Waals surface area contributed by atoms with Crippen LogP contribution in [-0.4, -0.2) is 33.6 Å². The summed E-state index contributed by atoms with van der Waals surface area (Å²) in [5, 5.41) is 20.4. The molecule has 0 radical (unpaired) electrons. The van der Waals surface area contributed by atoms with Gasteiger partial charge in [0, 0.05) is 29.7 Å². The molecule has 0 aromatic heterocycles. The van der Waals surface area contributed by atoms with E-state index >= 15 is 0 Å². The maximum Gasteiger partial charge on any atom is 0.292 e. The summed E-state index contributed by atoms with van der Waals surface area (Å²) < 4.78 is 0.217. The lowest BCUT2D eigenvalue weighted by molar-refractivity contribution is -0.384. The minimum Gasteiger partial charge on any atom is -0.392 e. The highest BCUT2D eigenvalue weighted by Crippen LogP contribution is 2.35. The highest BCUT2D eigenvalue weighted by atomic mass is 32.2. The lowest BCUT2D eigenvalue weighted by Crippen LogP contribution is -2.27. The normalized spacial score (nSPS) is 18.6. The van der Waals surface area contributed by atoms with Crippen LogP contribution in [0.15, 0.2) is 18.2 Å². The molecule has 0 saturated carbocycles. The van der Waals surface area contributed by atoms with Gasteiger partial charge in [-0.1, -0.05) is 19.9 Å². The number of hydrogen-bond donors (Lipinski definition) is 1. The van der Waals surface area contributed by atoms with Crippen LogP contribution in [0.5, 0.6) is 0 Å². The quantitative estimate of drug-likeness (QED) is 0.686. The first-order valence-corrected chi connectivity index (χ1v) is 7.68. The predicted octanol–water partition coefficient (Wildman–Crippen LogP) is 2.81. The summed E-state index contributed by atoms with van der Waals surface area (Å²) in [5.74, 6) is 0.964. The van der Waals surface area contributed by atoms with E-state index in [1.165, 1.54) is 6.07 Å². The fraction of sp³-hybridized carbons (Fsp3) is 0.571. The lowest BCUT2D eigenvalue weighted by atomic mass is 10.1. The number of rotatable bonds is 3. The Kier molecular flexibility index (Phi) is 4.55. The molecule has 0 aliphatic carbocycles. The average Bonchev–Trinajstić information content (AvgIpc) is 2.59. The number of benzene rings is 1. The van der Waals surface area contributed by atoms with Crippen LogP contribution >= 0.6 is 11.8 Å². The smallest absolute Gasteiger partial charge is 0.292 e. The molecule has 1 heterocycles. The lowest BCUT2D eigenvalue weighted by Gasteiger charge is -2.24. The van der Waals surface area contributed by atoms with Crippen molar-refractivity contribution in [2.45, 2.75) is 31.6 Å². The van der Waals surface area contributed by atoms with Crippen molar-refractivity contribution in [1.29, 1.82) is 0 Å². The Bertz CT molecular complexity index is 505. The van der Waals surface area contributed by atoms with E-state index < -0.39 is 0 Å². The van der Waals surface area contributed by atoms with Crippen LogP contribution in [0.2, 0.25) is 0 Å². The van der Waals surface area contributed by atoms with Gasteiger partial charge in [-0.15, -0.1) is 0 Å². The second kappa shape index (κ2) is 6.01. The van der Waals surface area contributed by atoms with Crippen molar-refractivity contribution < 1.29 is 10.0 Å². The standard InChI is InChI=1S/C14H20N2O3S/c1-14(2)5-6-15(7-8-20-14)12-4-3-11(10-17)9-13(12)16(18)19/h3-4,9,17H,5-8,10H2,1-2H3. The molecule has 20 heavy (non-hydrogen) atoms. The molecule has 1 aliphatic heterocycles. The Morgan fingerprint density at radius 3 is 2.85 bits per heavy atom. The summed E-state index contributed by atoms with van der Waals surface area (Å²) in [6.07, 6.45) is 0.997. The van der Waals surface area contributed by atoms with Crippen molar-refractivity contribution in [3.05, 3.63) is 33.9 Å². The Balaban J connectivity index is 2.29. The molecule has 2 rings (SSSR count). The van der Waals surface area contributed by atoms with E-state index in [1.54, 1.807) is 12.1 Å². The van der Waals surface area contributed by atoms with Gasteiger partial charge in [-0.2, -0.15) is 11.8 Å². The van der Waals surface area contributed by atoms with Crippen LogP contribution < -0.4 is 4.90 Å². The second-order valence-corrected chi connectivity index (χ2v) is 7.39. The molecule has 110 valence electrons. The zero-order valence-corrected chi connectivity index (χ0v) is 12.7. The van der Waals surface area contributed by atoms with Crippen molar-refractivity contribution in [2.75, 3.05) is 23.7 Å². The molecule has 0 amide bonds. The fourth-order valence-electron chi connectivity index (χ4n) is 2.34. The number of nitro groups is 1. The molecule has 6 heteroatoms. The minimum atomic E-state index is -0.363. The maximum atomic E-state index is 11.2. The summed E-state index contributed by atoms with van der Waals surface area (Å²) in [6.45, 7) is 5.88. The van der Waals surface area contributed by atoms with Crippen molar-refractivity contribution in [3.63, 3.8) is 0 Å². The monoisotopic (exact) mass is 296 g/mol. The maximum absolute atomic E-state index is 11.2. The third kappa shape index (κ3) is 3.43. The first-order chi connectivity index (χ1) is 9.43. The van der Waals surface area contributed by atoms with Crippen LogP contribution in [-0.2, 0) is 6.61 Å². The topological polar surface area (TPSA) is 66.6 Å². The number of aliphatic hydroxyl groups is 1. The summed E-state index contributed by atoms with van der Waals surface area (Å²) >= 11 is 1.91. The number of nitrogens with zero attached hydrogens (tertiary/aromatic N) is 2. The van der Waals surface area contributed by atoms with E-state index in [0.717, 1.165) is 25.3 Å². The number of anilines is 1. The highest BCUT2D eigenvalue weighted by Gasteiger charge is 2.27. The molecule has 0 atom stereocenters. The summed E-state index contributed by atoms with van der Waals surface area (Å²) in [6, 6.07) is 4.98. The average molecular weight is 296 g/mol. The summed E-state index contributed by atoms with van der Waals surface area (Å²) in [4.78, 5) is 13.0. The van der Waals surface area contributed by atoms with Crippen LogP contribution in [0.1, 0.15) is 25.8 Å². The van der Waals surface area contributed by atoms with Crippen LogP contribution in [0, 0.1) is 10.1 Å². The Morgan fingerprint density at radius 1 is 1.45 bits per heavy atom.